The van der Waals surface area contributed by atoms with Gasteiger partial charge < -0.3 is 29.3 Å². The lowest BCUT2D eigenvalue weighted by Gasteiger charge is -2.41. The summed E-state index contributed by atoms with van der Waals surface area (Å²) in [7, 11) is 3.27. The molecule has 2 aliphatic heterocycles. The fourth-order valence-electron chi connectivity index (χ4n) is 4.55. The van der Waals surface area contributed by atoms with E-state index >= 15 is 0 Å². The van der Waals surface area contributed by atoms with Crippen molar-refractivity contribution in [2.75, 3.05) is 39.2 Å². The molecule has 1 saturated heterocycles. The number of hydrogen-bond donors (Lipinski definition) is 1. The SMILES string of the molecule is COc1ccc(NC(=O)N2CCN(C3=Nc4ccc(C)cc4Oc4ccc(OC)cc43)CC2C)cc1. The van der Waals surface area contributed by atoms with Gasteiger partial charge in [-0.3, -0.25) is 0 Å². The van der Waals surface area contributed by atoms with E-state index in [1.165, 1.54) is 0 Å². The van der Waals surface area contributed by atoms with E-state index in [4.69, 9.17) is 19.2 Å². The predicted molar refractivity (Wildman–Crippen MR) is 140 cm³/mol. The zero-order chi connectivity index (χ0) is 25.2. The number of aliphatic imine (C=N–C) groups is 1. The molecule has 0 aliphatic carbocycles. The highest BCUT2D eigenvalue weighted by Gasteiger charge is 2.32. The number of amidine groups is 1. The average Bonchev–Trinajstić information content (AvgIpc) is 3.04. The molecule has 8 heteroatoms. The van der Waals surface area contributed by atoms with Gasteiger partial charge in [-0.1, -0.05) is 6.07 Å². The highest BCUT2D eigenvalue weighted by molar-refractivity contribution is 6.04. The molecular weight excluding hydrogens is 456 g/mol. The zero-order valence-electron chi connectivity index (χ0n) is 20.9. The third kappa shape index (κ3) is 4.66. The fourth-order valence-corrected chi connectivity index (χ4v) is 4.55. The van der Waals surface area contributed by atoms with Gasteiger partial charge in [0.25, 0.3) is 0 Å². The molecule has 0 aromatic heterocycles. The van der Waals surface area contributed by atoms with E-state index in [9.17, 15) is 4.79 Å². The Morgan fingerprint density at radius 3 is 2.44 bits per heavy atom. The Morgan fingerprint density at radius 1 is 0.972 bits per heavy atom. The van der Waals surface area contributed by atoms with E-state index in [0.29, 0.717) is 19.6 Å². The monoisotopic (exact) mass is 486 g/mol. The second-order valence-electron chi connectivity index (χ2n) is 9.02. The van der Waals surface area contributed by atoms with E-state index in [1.807, 2.05) is 72.5 Å². The number of amides is 2. The summed E-state index contributed by atoms with van der Waals surface area (Å²) in [6.45, 7) is 5.91. The number of carbonyl (C=O) groups excluding carboxylic acids is 1. The molecule has 2 heterocycles. The molecule has 1 atom stereocenters. The van der Waals surface area contributed by atoms with Crippen LogP contribution in [0.2, 0.25) is 0 Å². The number of rotatable bonds is 3. The summed E-state index contributed by atoms with van der Waals surface area (Å²) < 4.78 is 17.0. The van der Waals surface area contributed by atoms with Gasteiger partial charge in [0, 0.05) is 31.4 Å². The van der Waals surface area contributed by atoms with Crippen molar-refractivity contribution in [3.63, 3.8) is 0 Å². The van der Waals surface area contributed by atoms with Gasteiger partial charge >= 0.3 is 6.03 Å². The number of aryl methyl sites for hydroxylation is 1. The van der Waals surface area contributed by atoms with Crippen molar-refractivity contribution in [3.05, 3.63) is 71.8 Å². The quantitative estimate of drug-likeness (QED) is 0.534. The Bertz CT molecular complexity index is 1310. The van der Waals surface area contributed by atoms with Gasteiger partial charge in [0.2, 0.25) is 0 Å². The Hall–Kier alpha value is -4.20. The Balaban J connectivity index is 1.39. The minimum absolute atomic E-state index is 0.0320. The number of carbonyl (C=O) groups is 1. The van der Waals surface area contributed by atoms with Crippen LogP contribution in [0.5, 0.6) is 23.0 Å². The number of hydrogen-bond acceptors (Lipinski definition) is 6. The van der Waals surface area contributed by atoms with Crippen LogP contribution in [0.3, 0.4) is 0 Å². The van der Waals surface area contributed by atoms with Crippen molar-refractivity contribution in [1.82, 2.24) is 9.80 Å². The summed E-state index contributed by atoms with van der Waals surface area (Å²) in [5.41, 5.74) is 3.48. The van der Waals surface area contributed by atoms with Gasteiger partial charge in [-0.05, 0) is 74.0 Å². The highest BCUT2D eigenvalue weighted by atomic mass is 16.5. The normalized spacial score (nSPS) is 16.7. The number of urea groups is 1. The van der Waals surface area contributed by atoms with Crippen LogP contribution in [0, 0.1) is 6.92 Å². The first-order chi connectivity index (χ1) is 17.4. The van der Waals surface area contributed by atoms with Gasteiger partial charge in [0.1, 0.15) is 28.8 Å². The van der Waals surface area contributed by atoms with E-state index in [-0.39, 0.29) is 12.1 Å². The molecule has 8 nitrogen and oxygen atoms in total. The summed E-state index contributed by atoms with van der Waals surface area (Å²) in [5.74, 6) is 3.75. The van der Waals surface area contributed by atoms with Gasteiger partial charge in [-0.25, -0.2) is 9.79 Å². The van der Waals surface area contributed by atoms with Crippen LogP contribution >= 0.6 is 0 Å². The molecule has 2 amide bonds. The number of nitrogens with one attached hydrogen (secondary N) is 1. The molecular formula is C28H30N4O4. The summed E-state index contributed by atoms with van der Waals surface area (Å²) in [6.07, 6.45) is 0. The third-order valence-corrected chi connectivity index (χ3v) is 6.52. The maximum absolute atomic E-state index is 13.0. The molecule has 3 aromatic carbocycles. The van der Waals surface area contributed by atoms with Gasteiger partial charge in [-0.15, -0.1) is 0 Å². The lowest BCUT2D eigenvalue weighted by atomic mass is 10.1. The molecule has 2 aliphatic rings. The molecule has 1 fully saturated rings. The average molecular weight is 487 g/mol. The summed E-state index contributed by atoms with van der Waals surface area (Å²) in [5, 5.41) is 2.99. The van der Waals surface area contributed by atoms with Crippen molar-refractivity contribution < 1.29 is 19.0 Å². The number of ether oxygens (including phenoxy) is 3. The van der Waals surface area contributed by atoms with E-state index in [0.717, 1.165) is 51.3 Å². The number of benzene rings is 3. The van der Waals surface area contributed by atoms with Crippen LogP contribution in [0.4, 0.5) is 16.2 Å². The number of methoxy groups -OCH3 is 2. The van der Waals surface area contributed by atoms with Gasteiger partial charge in [0.15, 0.2) is 5.75 Å². The molecule has 186 valence electrons. The first-order valence-corrected chi connectivity index (χ1v) is 12.0. The molecule has 0 spiro atoms. The minimum atomic E-state index is -0.124. The smallest absolute Gasteiger partial charge is 0.322 e. The molecule has 5 rings (SSSR count). The Kier molecular flexibility index (Phi) is 6.41. The maximum atomic E-state index is 13.0. The number of anilines is 1. The molecule has 0 saturated carbocycles. The predicted octanol–water partition coefficient (Wildman–Crippen LogP) is 5.43. The molecule has 36 heavy (non-hydrogen) atoms. The Morgan fingerprint density at radius 2 is 1.72 bits per heavy atom. The second kappa shape index (κ2) is 9.81. The molecule has 0 radical (unpaired) electrons. The van der Waals surface area contributed by atoms with Crippen molar-refractivity contribution in [2.24, 2.45) is 4.99 Å². The maximum Gasteiger partial charge on any atom is 0.322 e. The van der Waals surface area contributed by atoms with Crippen LogP contribution in [-0.2, 0) is 0 Å². The van der Waals surface area contributed by atoms with Gasteiger partial charge in [0.05, 0.1) is 19.8 Å². The second-order valence-corrected chi connectivity index (χ2v) is 9.02. The van der Waals surface area contributed by atoms with Crippen molar-refractivity contribution in [1.29, 1.82) is 0 Å². The van der Waals surface area contributed by atoms with Crippen LogP contribution in [0.15, 0.2) is 65.7 Å². The molecule has 1 N–H and O–H groups in total. The summed E-state index contributed by atoms with van der Waals surface area (Å²) in [6, 6.07) is 19.0. The number of piperazine rings is 1. The lowest BCUT2D eigenvalue weighted by Crippen LogP contribution is -2.56. The highest BCUT2D eigenvalue weighted by Crippen LogP contribution is 2.40. The molecule has 3 aromatic rings. The first-order valence-electron chi connectivity index (χ1n) is 12.0. The first kappa shape index (κ1) is 23.5. The van der Waals surface area contributed by atoms with Crippen LogP contribution in [-0.4, -0.2) is 61.6 Å². The van der Waals surface area contributed by atoms with Crippen LogP contribution in [0.25, 0.3) is 0 Å². The summed E-state index contributed by atoms with van der Waals surface area (Å²) in [4.78, 5) is 22.2. The van der Waals surface area contributed by atoms with Crippen LogP contribution < -0.4 is 19.5 Å². The fraction of sp³-hybridized carbons (Fsp3) is 0.286. The van der Waals surface area contributed by atoms with Gasteiger partial charge in [-0.2, -0.15) is 0 Å². The number of fused-ring (bicyclic) bond motifs is 2. The Labute approximate surface area is 211 Å². The largest absolute Gasteiger partial charge is 0.497 e. The number of nitrogens with zero attached hydrogens (tertiary/aromatic N) is 3. The lowest BCUT2D eigenvalue weighted by molar-refractivity contribution is 0.145. The van der Waals surface area contributed by atoms with Crippen molar-refractivity contribution in [3.8, 4) is 23.0 Å². The standard InChI is InChI=1S/C28H30N4O4/c1-18-5-11-24-26(15-18)36-25-12-10-22(35-4)16-23(25)27(30-24)31-13-14-32(19(2)17-31)28(33)29-20-6-8-21(34-3)9-7-20/h5-12,15-16,19H,13-14,17H2,1-4H3,(H,29,33). The van der Waals surface area contributed by atoms with Crippen LogP contribution in [0.1, 0.15) is 18.1 Å². The van der Waals surface area contributed by atoms with Crippen molar-refractivity contribution >= 4 is 23.2 Å². The molecule has 1 unspecified atom stereocenters. The van der Waals surface area contributed by atoms with Crippen molar-refractivity contribution in [2.45, 2.75) is 19.9 Å². The zero-order valence-corrected chi connectivity index (χ0v) is 20.9. The third-order valence-electron chi connectivity index (χ3n) is 6.52. The van der Waals surface area contributed by atoms with E-state index in [1.54, 1.807) is 14.2 Å². The summed E-state index contributed by atoms with van der Waals surface area (Å²) >= 11 is 0. The van der Waals surface area contributed by atoms with E-state index < -0.39 is 0 Å². The topological polar surface area (TPSA) is 75.6 Å². The molecule has 0 bridgehead atoms. The minimum Gasteiger partial charge on any atom is -0.497 e. The van der Waals surface area contributed by atoms with E-state index in [2.05, 4.69) is 17.1 Å².